The van der Waals surface area contributed by atoms with E-state index in [0.29, 0.717) is 6.42 Å². The number of nitrogens with one attached hydrogen (secondary N) is 1. The second kappa shape index (κ2) is 7.66. The largest absolute Gasteiger partial charge is 0.497 e. The fraction of sp³-hybridized carbons (Fsp3) is 0.200. The summed E-state index contributed by atoms with van der Waals surface area (Å²) in [5, 5.41) is 2.66. The number of hydrogen-bond acceptors (Lipinski definition) is 4. The van der Waals surface area contributed by atoms with Crippen molar-refractivity contribution in [2.75, 3.05) is 7.11 Å². The minimum absolute atomic E-state index is 0.188. The zero-order chi connectivity index (χ0) is 17.6. The van der Waals surface area contributed by atoms with E-state index in [1.165, 1.54) is 6.08 Å². The fourth-order valence-electron chi connectivity index (χ4n) is 2.68. The molecule has 5 heteroatoms. The Labute approximate surface area is 146 Å². The molecule has 1 aliphatic rings. The van der Waals surface area contributed by atoms with E-state index >= 15 is 0 Å². The normalized spacial score (nSPS) is 16.6. The highest BCUT2D eigenvalue weighted by atomic mass is 16.5. The van der Waals surface area contributed by atoms with Gasteiger partial charge in [-0.15, -0.1) is 0 Å². The summed E-state index contributed by atoms with van der Waals surface area (Å²) >= 11 is 0. The second-order valence-corrected chi connectivity index (χ2v) is 5.76. The summed E-state index contributed by atoms with van der Waals surface area (Å²) in [7, 11) is 1.60. The van der Waals surface area contributed by atoms with E-state index in [4.69, 9.17) is 9.47 Å². The van der Waals surface area contributed by atoms with Crippen LogP contribution >= 0.6 is 0 Å². The van der Waals surface area contributed by atoms with Crippen LogP contribution in [0.25, 0.3) is 5.57 Å². The zero-order valence-electron chi connectivity index (χ0n) is 13.9. The van der Waals surface area contributed by atoms with E-state index in [-0.39, 0.29) is 12.5 Å². The number of esters is 1. The minimum Gasteiger partial charge on any atom is -0.497 e. The molecular formula is C20H19NO4. The fourth-order valence-corrected chi connectivity index (χ4v) is 2.68. The lowest BCUT2D eigenvalue weighted by Crippen LogP contribution is -2.43. The van der Waals surface area contributed by atoms with Gasteiger partial charge in [0.2, 0.25) is 5.91 Å². The molecule has 0 fully saturated rings. The van der Waals surface area contributed by atoms with E-state index in [9.17, 15) is 9.59 Å². The predicted octanol–water partition coefficient (Wildman–Crippen LogP) is 2.71. The molecule has 0 bridgehead atoms. The lowest BCUT2D eigenvalue weighted by atomic mass is 9.95. The number of rotatable bonds is 5. The summed E-state index contributed by atoms with van der Waals surface area (Å²) in [6.45, 7) is 0.188. The number of carbonyl (C=O) groups excluding carboxylic acids is 2. The third-order valence-electron chi connectivity index (χ3n) is 4.02. The third-order valence-corrected chi connectivity index (χ3v) is 4.02. The topological polar surface area (TPSA) is 64.6 Å². The molecule has 0 saturated heterocycles. The van der Waals surface area contributed by atoms with Gasteiger partial charge in [0, 0.05) is 12.5 Å². The van der Waals surface area contributed by atoms with E-state index in [2.05, 4.69) is 5.32 Å². The molecule has 1 aliphatic heterocycles. The molecule has 2 aromatic rings. The van der Waals surface area contributed by atoms with Gasteiger partial charge in [-0.25, -0.2) is 4.79 Å². The average Bonchev–Trinajstić information content (AvgIpc) is 2.66. The van der Waals surface area contributed by atoms with Crippen LogP contribution in [0.1, 0.15) is 17.5 Å². The molecule has 1 heterocycles. The van der Waals surface area contributed by atoms with Crippen molar-refractivity contribution in [2.24, 2.45) is 0 Å². The highest BCUT2D eigenvalue weighted by molar-refractivity contribution is 6.00. The Morgan fingerprint density at radius 3 is 2.52 bits per heavy atom. The molecule has 2 aromatic carbocycles. The molecule has 0 aliphatic carbocycles. The van der Waals surface area contributed by atoms with Crippen molar-refractivity contribution in [3.63, 3.8) is 0 Å². The van der Waals surface area contributed by atoms with Gasteiger partial charge in [-0.1, -0.05) is 42.5 Å². The average molecular weight is 337 g/mol. The SMILES string of the molecule is COc1ccc(C2=CC(=O)N[C@H](C(=O)OCc3ccccc3)C2)cc1. The maximum atomic E-state index is 12.3. The number of benzene rings is 2. The number of methoxy groups -OCH3 is 1. The smallest absolute Gasteiger partial charge is 0.329 e. The predicted molar refractivity (Wildman–Crippen MR) is 93.8 cm³/mol. The molecule has 0 saturated carbocycles. The maximum absolute atomic E-state index is 12.3. The van der Waals surface area contributed by atoms with Crippen molar-refractivity contribution in [3.05, 3.63) is 71.8 Å². The molecule has 1 atom stereocenters. The number of carbonyl (C=O) groups is 2. The first-order valence-corrected chi connectivity index (χ1v) is 8.02. The molecule has 0 aromatic heterocycles. The van der Waals surface area contributed by atoms with Gasteiger partial charge in [-0.05, 0) is 28.8 Å². The van der Waals surface area contributed by atoms with Crippen LogP contribution in [0, 0.1) is 0 Å². The first-order chi connectivity index (χ1) is 12.2. The van der Waals surface area contributed by atoms with Crippen LogP contribution in [0.15, 0.2) is 60.7 Å². The van der Waals surface area contributed by atoms with Gasteiger partial charge in [-0.3, -0.25) is 4.79 Å². The second-order valence-electron chi connectivity index (χ2n) is 5.76. The molecule has 128 valence electrons. The number of ether oxygens (including phenoxy) is 2. The van der Waals surface area contributed by atoms with Crippen molar-refractivity contribution in [1.82, 2.24) is 5.32 Å². The summed E-state index contributed by atoms with van der Waals surface area (Å²) in [5.74, 6) is 0.0125. The molecule has 1 N–H and O–H groups in total. The van der Waals surface area contributed by atoms with E-state index < -0.39 is 12.0 Å². The van der Waals surface area contributed by atoms with Gasteiger partial charge in [0.05, 0.1) is 7.11 Å². The van der Waals surface area contributed by atoms with Crippen molar-refractivity contribution < 1.29 is 19.1 Å². The molecular weight excluding hydrogens is 318 g/mol. The minimum atomic E-state index is -0.682. The van der Waals surface area contributed by atoms with E-state index in [1.807, 2.05) is 54.6 Å². The lowest BCUT2D eigenvalue weighted by Gasteiger charge is -2.23. The summed E-state index contributed by atoms with van der Waals surface area (Å²) in [5.41, 5.74) is 2.59. The van der Waals surface area contributed by atoms with Crippen LogP contribution in [-0.4, -0.2) is 25.0 Å². The van der Waals surface area contributed by atoms with Crippen molar-refractivity contribution in [1.29, 1.82) is 0 Å². The summed E-state index contributed by atoms with van der Waals surface area (Å²) in [6, 6.07) is 16.1. The first-order valence-electron chi connectivity index (χ1n) is 8.02. The molecule has 0 spiro atoms. The highest BCUT2D eigenvalue weighted by Gasteiger charge is 2.27. The van der Waals surface area contributed by atoms with Gasteiger partial charge in [0.1, 0.15) is 18.4 Å². The molecule has 3 rings (SSSR count). The Morgan fingerprint density at radius 1 is 1.12 bits per heavy atom. The Morgan fingerprint density at radius 2 is 1.84 bits per heavy atom. The first kappa shape index (κ1) is 16.8. The summed E-state index contributed by atoms with van der Waals surface area (Å²) in [6.07, 6.45) is 1.91. The van der Waals surface area contributed by atoms with Crippen molar-refractivity contribution in [2.45, 2.75) is 19.1 Å². The van der Waals surface area contributed by atoms with Crippen LogP contribution in [0.4, 0.5) is 0 Å². The third kappa shape index (κ3) is 4.26. The number of amides is 1. The molecule has 25 heavy (non-hydrogen) atoms. The van der Waals surface area contributed by atoms with Gasteiger partial charge >= 0.3 is 5.97 Å². The Hall–Kier alpha value is -3.08. The monoisotopic (exact) mass is 337 g/mol. The maximum Gasteiger partial charge on any atom is 0.329 e. The summed E-state index contributed by atoms with van der Waals surface area (Å²) < 4.78 is 10.5. The van der Waals surface area contributed by atoms with E-state index in [1.54, 1.807) is 7.11 Å². The van der Waals surface area contributed by atoms with Gasteiger partial charge in [0.25, 0.3) is 0 Å². The zero-order valence-corrected chi connectivity index (χ0v) is 13.9. The van der Waals surface area contributed by atoms with Gasteiger partial charge in [-0.2, -0.15) is 0 Å². The lowest BCUT2D eigenvalue weighted by molar-refractivity contribution is -0.148. The van der Waals surface area contributed by atoms with Crippen LogP contribution in [0.3, 0.4) is 0 Å². The molecule has 0 radical (unpaired) electrons. The number of hydrogen-bond donors (Lipinski definition) is 1. The van der Waals surface area contributed by atoms with E-state index in [0.717, 1.165) is 22.4 Å². The molecule has 0 unspecified atom stereocenters. The Kier molecular flexibility index (Phi) is 5.14. The quantitative estimate of drug-likeness (QED) is 0.852. The molecule has 1 amide bonds. The van der Waals surface area contributed by atoms with Gasteiger partial charge in [0.15, 0.2) is 0 Å². The Balaban J connectivity index is 1.66. The Bertz CT molecular complexity index is 781. The highest BCUT2D eigenvalue weighted by Crippen LogP contribution is 2.25. The summed E-state index contributed by atoms with van der Waals surface area (Å²) in [4.78, 5) is 24.2. The van der Waals surface area contributed by atoms with Gasteiger partial charge < -0.3 is 14.8 Å². The van der Waals surface area contributed by atoms with Crippen molar-refractivity contribution in [3.8, 4) is 5.75 Å². The van der Waals surface area contributed by atoms with Crippen LogP contribution in [0.2, 0.25) is 0 Å². The molecule has 5 nitrogen and oxygen atoms in total. The van der Waals surface area contributed by atoms with Crippen molar-refractivity contribution >= 4 is 17.4 Å². The standard InChI is InChI=1S/C20H19NO4/c1-24-17-9-7-15(8-10-17)16-11-18(21-19(22)12-16)20(23)25-13-14-5-3-2-4-6-14/h2-10,12,18H,11,13H2,1H3,(H,21,22)/t18-/m0/s1. The van der Waals surface area contributed by atoms with Crippen LogP contribution < -0.4 is 10.1 Å². The van der Waals surface area contributed by atoms with Crippen LogP contribution in [0.5, 0.6) is 5.75 Å². The van der Waals surface area contributed by atoms with Crippen LogP contribution in [-0.2, 0) is 20.9 Å².